The van der Waals surface area contributed by atoms with Crippen LogP contribution in [0.2, 0.25) is 0 Å². The number of carbonyl (C=O) groups excluding carboxylic acids is 1. The zero-order chi connectivity index (χ0) is 9.80. The highest BCUT2D eigenvalue weighted by Gasteiger charge is 2.26. The molecule has 1 atom stereocenters. The van der Waals surface area contributed by atoms with Gasteiger partial charge in [0, 0.05) is 13.1 Å². The summed E-state index contributed by atoms with van der Waals surface area (Å²) in [4.78, 5) is 14.0. The van der Waals surface area contributed by atoms with Gasteiger partial charge in [-0.05, 0) is 32.2 Å². The second kappa shape index (κ2) is 4.78. The summed E-state index contributed by atoms with van der Waals surface area (Å²) in [6.45, 7) is 2.98. The highest BCUT2D eigenvalue weighted by Crippen LogP contribution is 2.14. The molecule has 2 rings (SSSR count). The molecule has 3 nitrogen and oxygen atoms in total. The molecule has 0 saturated carbocycles. The van der Waals surface area contributed by atoms with Gasteiger partial charge in [0.05, 0.1) is 6.04 Å². The van der Waals surface area contributed by atoms with Gasteiger partial charge in [0.1, 0.15) is 0 Å². The summed E-state index contributed by atoms with van der Waals surface area (Å²) in [5.41, 5.74) is 0. The summed E-state index contributed by atoms with van der Waals surface area (Å²) in [7, 11) is 0. The van der Waals surface area contributed by atoms with Gasteiger partial charge >= 0.3 is 0 Å². The normalized spacial score (nSPS) is 28.9. The quantitative estimate of drug-likeness (QED) is 0.682. The molecule has 2 fully saturated rings. The van der Waals surface area contributed by atoms with Gasteiger partial charge in [0.15, 0.2) is 0 Å². The molecule has 0 radical (unpaired) electrons. The van der Waals surface area contributed by atoms with Crippen molar-refractivity contribution < 1.29 is 4.79 Å². The van der Waals surface area contributed by atoms with Gasteiger partial charge in [-0.25, -0.2) is 0 Å². The van der Waals surface area contributed by atoms with Crippen LogP contribution in [-0.2, 0) is 4.79 Å². The van der Waals surface area contributed by atoms with Crippen LogP contribution in [0.1, 0.15) is 38.5 Å². The van der Waals surface area contributed by atoms with E-state index in [9.17, 15) is 4.79 Å². The van der Waals surface area contributed by atoms with E-state index in [-0.39, 0.29) is 6.04 Å². The van der Waals surface area contributed by atoms with Crippen molar-refractivity contribution in [2.45, 2.75) is 44.6 Å². The molecule has 0 aromatic carbocycles. The van der Waals surface area contributed by atoms with Crippen LogP contribution in [0.3, 0.4) is 0 Å². The Balaban J connectivity index is 1.88. The lowest BCUT2D eigenvalue weighted by atomic mass is 10.1. The molecule has 0 aromatic heterocycles. The van der Waals surface area contributed by atoms with E-state index in [0.717, 1.165) is 26.1 Å². The highest BCUT2D eigenvalue weighted by atomic mass is 16.2. The Morgan fingerprint density at radius 1 is 1.07 bits per heavy atom. The van der Waals surface area contributed by atoms with Crippen LogP contribution >= 0.6 is 0 Å². The zero-order valence-corrected chi connectivity index (χ0v) is 8.80. The SMILES string of the molecule is O=C([C@H]1CCCCCN1)N1CCCC1. The first-order valence-corrected chi connectivity index (χ1v) is 5.90. The maximum atomic E-state index is 12.0. The van der Waals surface area contributed by atoms with Crippen molar-refractivity contribution in [2.24, 2.45) is 0 Å². The molecule has 0 aromatic rings. The second-order valence-electron chi connectivity index (χ2n) is 4.39. The van der Waals surface area contributed by atoms with E-state index < -0.39 is 0 Å². The molecule has 2 heterocycles. The molecule has 1 N–H and O–H groups in total. The standard InChI is InChI=1S/C11H20N2O/c14-11(13-8-4-5-9-13)10-6-2-1-3-7-12-10/h10,12H,1-9H2/t10-/m1/s1. The van der Waals surface area contributed by atoms with Gasteiger partial charge in [0.2, 0.25) is 5.91 Å². The molecule has 14 heavy (non-hydrogen) atoms. The lowest BCUT2D eigenvalue weighted by Crippen LogP contribution is -2.45. The van der Waals surface area contributed by atoms with E-state index in [4.69, 9.17) is 0 Å². The molecule has 2 aliphatic heterocycles. The van der Waals surface area contributed by atoms with Gasteiger partial charge in [-0.3, -0.25) is 4.79 Å². The van der Waals surface area contributed by atoms with Crippen molar-refractivity contribution in [3.63, 3.8) is 0 Å². The van der Waals surface area contributed by atoms with Gasteiger partial charge in [0.25, 0.3) is 0 Å². The maximum absolute atomic E-state index is 12.0. The first kappa shape index (κ1) is 9.97. The summed E-state index contributed by atoms with van der Waals surface area (Å²) in [6.07, 6.45) is 7.13. The molecule has 2 saturated heterocycles. The Morgan fingerprint density at radius 3 is 2.64 bits per heavy atom. The molecule has 2 aliphatic rings. The number of likely N-dealkylation sites (tertiary alicyclic amines) is 1. The number of carbonyl (C=O) groups is 1. The molecule has 0 unspecified atom stereocenters. The average molecular weight is 196 g/mol. The minimum atomic E-state index is 0.121. The van der Waals surface area contributed by atoms with Crippen molar-refractivity contribution in [3.05, 3.63) is 0 Å². The molecular formula is C11H20N2O. The zero-order valence-electron chi connectivity index (χ0n) is 8.80. The number of nitrogens with zero attached hydrogens (tertiary/aromatic N) is 1. The molecule has 0 bridgehead atoms. The van der Waals surface area contributed by atoms with Crippen molar-refractivity contribution >= 4 is 5.91 Å². The Hall–Kier alpha value is -0.570. The van der Waals surface area contributed by atoms with Crippen LogP contribution in [0.5, 0.6) is 0 Å². The van der Waals surface area contributed by atoms with Crippen LogP contribution in [-0.4, -0.2) is 36.5 Å². The smallest absolute Gasteiger partial charge is 0.239 e. The first-order chi connectivity index (χ1) is 6.88. The van der Waals surface area contributed by atoms with E-state index >= 15 is 0 Å². The summed E-state index contributed by atoms with van der Waals surface area (Å²) in [5, 5.41) is 3.37. The maximum Gasteiger partial charge on any atom is 0.239 e. The Kier molecular flexibility index (Phi) is 3.40. The topological polar surface area (TPSA) is 32.3 Å². The van der Waals surface area contributed by atoms with Crippen LogP contribution in [0, 0.1) is 0 Å². The van der Waals surface area contributed by atoms with Crippen LogP contribution in [0.25, 0.3) is 0 Å². The summed E-state index contributed by atoms with van der Waals surface area (Å²) < 4.78 is 0. The Bertz CT molecular complexity index is 191. The largest absolute Gasteiger partial charge is 0.341 e. The number of hydrogen-bond acceptors (Lipinski definition) is 2. The summed E-state index contributed by atoms with van der Waals surface area (Å²) in [6, 6.07) is 0.121. The lowest BCUT2D eigenvalue weighted by molar-refractivity contribution is -0.132. The molecular weight excluding hydrogens is 176 g/mol. The van der Waals surface area contributed by atoms with Crippen molar-refractivity contribution in [1.29, 1.82) is 0 Å². The first-order valence-electron chi connectivity index (χ1n) is 5.90. The third-order valence-corrected chi connectivity index (χ3v) is 3.28. The van der Waals surface area contributed by atoms with E-state index in [1.54, 1.807) is 0 Å². The lowest BCUT2D eigenvalue weighted by Gasteiger charge is -2.22. The predicted molar refractivity (Wildman–Crippen MR) is 56.1 cm³/mol. The number of rotatable bonds is 1. The van der Waals surface area contributed by atoms with Gasteiger partial charge in [-0.15, -0.1) is 0 Å². The molecule has 0 aliphatic carbocycles. The fourth-order valence-electron chi connectivity index (χ4n) is 2.40. The van der Waals surface area contributed by atoms with Gasteiger partial charge in [-0.2, -0.15) is 0 Å². The minimum Gasteiger partial charge on any atom is -0.341 e. The van der Waals surface area contributed by atoms with E-state index in [1.165, 1.54) is 32.1 Å². The van der Waals surface area contributed by atoms with Crippen LogP contribution in [0.15, 0.2) is 0 Å². The van der Waals surface area contributed by atoms with E-state index in [2.05, 4.69) is 5.32 Å². The average Bonchev–Trinajstić information content (AvgIpc) is 2.59. The van der Waals surface area contributed by atoms with Crippen molar-refractivity contribution in [1.82, 2.24) is 10.2 Å². The minimum absolute atomic E-state index is 0.121. The monoisotopic (exact) mass is 196 g/mol. The number of amides is 1. The number of hydrogen-bond donors (Lipinski definition) is 1. The molecule has 80 valence electrons. The third kappa shape index (κ3) is 2.27. The van der Waals surface area contributed by atoms with E-state index in [0.29, 0.717) is 5.91 Å². The molecule has 0 spiro atoms. The van der Waals surface area contributed by atoms with Crippen molar-refractivity contribution in [2.75, 3.05) is 19.6 Å². The Morgan fingerprint density at radius 2 is 1.86 bits per heavy atom. The number of nitrogens with one attached hydrogen (secondary N) is 1. The molecule has 1 amide bonds. The molecule has 3 heteroatoms. The summed E-state index contributed by atoms with van der Waals surface area (Å²) in [5.74, 6) is 0.351. The predicted octanol–water partition coefficient (Wildman–Crippen LogP) is 1.14. The second-order valence-corrected chi connectivity index (χ2v) is 4.39. The highest BCUT2D eigenvalue weighted by molar-refractivity contribution is 5.82. The summed E-state index contributed by atoms with van der Waals surface area (Å²) >= 11 is 0. The van der Waals surface area contributed by atoms with Crippen LogP contribution in [0.4, 0.5) is 0 Å². The van der Waals surface area contributed by atoms with Gasteiger partial charge < -0.3 is 10.2 Å². The van der Waals surface area contributed by atoms with Crippen LogP contribution < -0.4 is 5.32 Å². The fraction of sp³-hybridized carbons (Fsp3) is 0.909. The van der Waals surface area contributed by atoms with Crippen molar-refractivity contribution in [3.8, 4) is 0 Å². The fourth-order valence-corrected chi connectivity index (χ4v) is 2.40. The van der Waals surface area contributed by atoms with E-state index in [1.807, 2.05) is 4.90 Å². The van der Waals surface area contributed by atoms with Gasteiger partial charge in [-0.1, -0.05) is 12.8 Å². The third-order valence-electron chi connectivity index (χ3n) is 3.28. The Labute approximate surface area is 85.8 Å².